The monoisotopic (exact) mass is 296 g/mol. The predicted octanol–water partition coefficient (Wildman–Crippen LogP) is 2.17. The lowest BCUT2D eigenvalue weighted by molar-refractivity contribution is 0.0521. The summed E-state index contributed by atoms with van der Waals surface area (Å²) in [6.45, 7) is 1.14. The van der Waals surface area contributed by atoms with Crippen LogP contribution >= 0.6 is 0 Å². The Bertz CT molecular complexity index is 542. The van der Waals surface area contributed by atoms with E-state index in [1.807, 2.05) is 0 Å². The van der Waals surface area contributed by atoms with Crippen LogP contribution in [0.5, 0.6) is 0 Å². The molecular formula is C14H17FN2O4. The van der Waals surface area contributed by atoms with E-state index in [4.69, 9.17) is 9.84 Å². The second-order valence-corrected chi connectivity index (χ2v) is 4.85. The lowest BCUT2D eigenvalue weighted by atomic mass is 10.1. The number of carbonyl (C=O) groups is 2. The summed E-state index contributed by atoms with van der Waals surface area (Å²) in [5.41, 5.74) is -0.190. The van der Waals surface area contributed by atoms with Gasteiger partial charge >= 0.3 is 12.0 Å². The Morgan fingerprint density at radius 2 is 2.05 bits per heavy atom. The van der Waals surface area contributed by atoms with Crippen LogP contribution in [0.15, 0.2) is 18.2 Å². The lowest BCUT2D eigenvalue weighted by Crippen LogP contribution is -2.42. The number of methoxy groups -OCH3 is 1. The van der Waals surface area contributed by atoms with Gasteiger partial charge in [0.05, 0.1) is 11.7 Å². The van der Waals surface area contributed by atoms with Gasteiger partial charge in [-0.2, -0.15) is 0 Å². The van der Waals surface area contributed by atoms with Crippen molar-refractivity contribution in [1.29, 1.82) is 0 Å². The third-order valence-corrected chi connectivity index (χ3v) is 3.51. The molecule has 1 aliphatic rings. The Labute approximate surface area is 121 Å². The molecule has 0 bridgehead atoms. The smallest absolute Gasteiger partial charge is 0.338 e. The number of piperidine rings is 1. The molecule has 2 amide bonds. The average Bonchev–Trinajstić information content (AvgIpc) is 2.47. The van der Waals surface area contributed by atoms with Crippen molar-refractivity contribution >= 4 is 17.7 Å². The molecule has 1 heterocycles. The van der Waals surface area contributed by atoms with Crippen molar-refractivity contribution in [2.45, 2.75) is 18.9 Å². The fourth-order valence-electron chi connectivity index (χ4n) is 2.26. The number of urea groups is 1. The summed E-state index contributed by atoms with van der Waals surface area (Å²) in [4.78, 5) is 24.4. The van der Waals surface area contributed by atoms with Crippen LogP contribution in [-0.4, -0.2) is 48.3 Å². The number of nitrogens with zero attached hydrogens (tertiary/aromatic N) is 1. The van der Waals surface area contributed by atoms with E-state index in [0.717, 1.165) is 25.0 Å². The summed E-state index contributed by atoms with van der Waals surface area (Å²) < 4.78 is 18.8. The first kappa shape index (κ1) is 15.2. The van der Waals surface area contributed by atoms with Crippen LogP contribution in [0.25, 0.3) is 0 Å². The van der Waals surface area contributed by atoms with Crippen LogP contribution in [0.2, 0.25) is 0 Å². The van der Waals surface area contributed by atoms with E-state index in [0.29, 0.717) is 13.1 Å². The van der Waals surface area contributed by atoms with E-state index in [1.54, 1.807) is 12.0 Å². The van der Waals surface area contributed by atoms with Crippen molar-refractivity contribution < 1.29 is 23.8 Å². The van der Waals surface area contributed by atoms with Crippen molar-refractivity contribution in [2.24, 2.45) is 0 Å². The Hall–Kier alpha value is -2.15. The molecule has 1 aliphatic heterocycles. The summed E-state index contributed by atoms with van der Waals surface area (Å²) in [6, 6.07) is 3.17. The molecule has 114 valence electrons. The zero-order valence-corrected chi connectivity index (χ0v) is 11.6. The number of benzene rings is 1. The van der Waals surface area contributed by atoms with Gasteiger partial charge in [-0.05, 0) is 31.0 Å². The molecule has 21 heavy (non-hydrogen) atoms. The quantitative estimate of drug-likeness (QED) is 0.896. The Morgan fingerprint density at radius 3 is 2.57 bits per heavy atom. The molecular weight excluding hydrogens is 279 g/mol. The number of hydrogen-bond donors (Lipinski definition) is 2. The van der Waals surface area contributed by atoms with Crippen LogP contribution in [-0.2, 0) is 4.74 Å². The highest BCUT2D eigenvalue weighted by molar-refractivity contribution is 5.91. The first-order valence-electron chi connectivity index (χ1n) is 6.63. The number of anilines is 1. The molecule has 0 aliphatic carbocycles. The van der Waals surface area contributed by atoms with Crippen molar-refractivity contribution in [1.82, 2.24) is 4.90 Å². The van der Waals surface area contributed by atoms with Gasteiger partial charge in [0, 0.05) is 25.9 Å². The van der Waals surface area contributed by atoms with Crippen LogP contribution in [0, 0.1) is 5.82 Å². The van der Waals surface area contributed by atoms with Crippen LogP contribution in [0.3, 0.4) is 0 Å². The molecule has 2 N–H and O–H groups in total. The number of aromatic carboxylic acids is 1. The SMILES string of the molecule is COC1CCN(C(=O)Nc2ccc(C(=O)O)c(F)c2)CC1. The van der Waals surface area contributed by atoms with Crippen molar-refractivity contribution in [3.8, 4) is 0 Å². The highest BCUT2D eigenvalue weighted by Gasteiger charge is 2.22. The number of carboxylic acids is 1. The molecule has 1 aromatic rings. The lowest BCUT2D eigenvalue weighted by Gasteiger charge is -2.31. The van der Waals surface area contributed by atoms with Gasteiger partial charge in [-0.25, -0.2) is 14.0 Å². The molecule has 1 aromatic carbocycles. The van der Waals surface area contributed by atoms with Gasteiger partial charge in [0.1, 0.15) is 5.82 Å². The highest BCUT2D eigenvalue weighted by atomic mass is 19.1. The number of nitrogens with one attached hydrogen (secondary N) is 1. The fraction of sp³-hybridized carbons (Fsp3) is 0.429. The maximum atomic E-state index is 13.5. The van der Waals surface area contributed by atoms with E-state index in [-0.39, 0.29) is 17.8 Å². The number of halogens is 1. The summed E-state index contributed by atoms with van der Waals surface area (Å²) in [7, 11) is 1.65. The molecule has 1 saturated heterocycles. The van der Waals surface area contributed by atoms with Gasteiger partial charge in [0.25, 0.3) is 0 Å². The second-order valence-electron chi connectivity index (χ2n) is 4.85. The van der Waals surface area contributed by atoms with E-state index in [9.17, 15) is 14.0 Å². The standard InChI is InChI=1S/C14H17FN2O4/c1-21-10-4-6-17(7-5-10)14(20)16-9-2-3-11(13(18)19)12(15)8-9/h2-3,8,10H,4-7H2,1H3,(H,16,20)(H,18,19). The number of carbonyl (C=O) groups excluding carboxylic acids is 1. The van der Waals surface area contributed by atoms with Gasteiger partial charge in [-0.1, -0.05) is 0 Å². The molecule has 0 spiro atoms. The van der Waals surface area contributed by atoms with Gasteiger partial charge in [-0.15, -0.1) is 0 Å². The maximum absolute atomic E-state index is 13.5. The zero-order chi connectivity index (χ0) is 15.4. The van der Waals surface area contributed by atoms with Crippen molar-refractivity contribution in [3.05, 3.63) is 29.6 Å². The van der Waals surface area contributed by atoms with Crippen molar-refractivity contribution in [2.75, 3.05) is 25.5 Å². The zero-order valence-electron chi connectivity index (χ0n) is 11.6. The van der Waals surface area contributed by atoms with Gasteiger partial charge < -0.3 is 20.1 Å². The molecule has 0 aromatic heterocycles. The molecule has 6 nitrogen and oxygen atoms in total. The maximum Gasteiger partial charge on any atom is 0.338 e. The first-order valence-corrected chi connectivity index (χ1v) is 6.63. The van der Waals surface area contributed by atoms with Gasteiger partial charge in [0.2, 0.25) is 0 Å². The number of ether oxygens (including phenoxy) is 1. The van der Waals surface area contributed by atoms with Gasteiger partial charge in [0.15, 0.2) is 0 Å². The molecule has 0 atom stereocenters. The first-order chi connectivity index (χ1) is 10.0. The van der Waals surface area contributed by atoms with E-state index in [1.165, 1.54) is 6.07 Å². The number of carboxylic acid groups (broad SMARTS) is 1. The predicted molar refractivity (Wildman–Crippen MR) is 74.0 cm³/mol. The highest BCUT2D eigenvalue weighted by Crippen LogP contribution is 2.17. The number of likely N-dealkylation sites (tertiary alicyclic amines) is 1. The number of rotatable bonds is 3. The van der Waals surface area contributed by atoms with E-state index in [2.05, 4.69) is 5.32 Å². The van der Waals surface area contributed by atoms with Crippen LogP contribution < -0.4 is 5.32 Å². The number of hydrogen-bond acceptors (Lipinski definition) is 3. The second kappa shape index (κ2) is 6.53. The Balaban J connectivity index is 1.97. The van der Waals surface area contributed by atoms with Crippen LogP contribution in [0.4, 0.5) is 14.9 Å². The third-order valence-electron chi connectivity index (χ3n) is 3.51. The molecule has 0 unspecified atom stereocenters. The fourth-order valence-corrected chi connectivity index (χ4v) is 2.26. The normalized spacial score (nSPS) is 15.8. The summed E-state index contributed by atoms with van der Waals surface area (Å²) in [6.07, 6.45) is 1.69. The Morgan fingerprint density at radius 1 is 1.38 bits per heavy atom. The molecule has 0 saturated carbocycles. The minimum absolute atomic E-state index is 0.168. The average molecular weight is 296 g/mol. The van der Waals surface area contributed by atoms with Crippen LogP contribution in [0.1, 0.15) is 23.2 Å². The minimum Gasteiger partial charge on any atom is -0.478 e. The minimum atomic E-state index is -1.34. The van der Waals surface area contributed by atoms with Gasteiger partial charge in [-0.3, -0.25) is 0 Å². The van der Waals surface area contributed by atoms with Crippen molar-refractivity contribution in [3.63, 3.8) is 0 Å². The topological polar surface area (TPSA) is 78.9 Å². The summed E-state index contributed by atoms with van der Waals surface area (Å²) in [5, 5.41) is 11.3. The largest absolute Gasteiger partial charge is 0.478 e. The third kappa shape index (κ3) is 3.69. The summed E-state index contributed by atoms with van der Waals surface area (Å²) >= 11 is 0. The molecule has 0 radical (unpaired) electrons. The molecule has 2 rings (SSSR count). The van der Waals surface area contributed by atoms with E-state index < -0.39 is 17.3 Å². The van der Waals surface area contributed by atoms with E-state index >= 15 is 0 Å². The Kier molecular flexibility index (Phi) is 4.74. The molecule has 1 fully saturated rings. The number of amides is 2. The molecule has 7 heteroatoms. The summed E-state index contributed by atoms with van der Waals surface area (Å²) in [5.74, 6) is -2.22.